The highest BCUT2D eigenvalue weighted by Crippen LogP contribution is 2.23. The molecule has 10 nitrogen and oxygen atoms in total. The Kier molecular flexibility index (Phi) is 14.9. The first kappa shape index (κ1) is 35.6. The van der Waals surface area contributed by atoms with Crippen LogP contribution in [0.4, 0.5) is 5.69 Å². The maximum Gasteiger partial charge on any atom is 0.328 e. The average molecular weight is 628 g/mol. The van der Waals surface area contributed by atoms with Gasteiger partial charge in [0.15, 0.2) is 0 Å². The van der Waals surface area contributed by atoms with Crippen LogP contribution < -0.4 is 21.3 Å². The van der Waals surface area contributed by atoms with Gasteiger partial charge in [-0.25, -0.2) is 9.78 Å². The number of benzene rings is 1. The summed E-state index contributed by atoms with van der Waals surface area (Å²) >= 11 is 11.9. The average Bonchev–Trinajstić information content (AvgIpc) is 3.24. The highest BCUT2D eigenvalue weighted by atomic mass is 35.5. The van der Waals surface area contributed by atoms with Crippen molar-refractivity contribution in [2.24, 2.45) is 24.6 Å². The van der Waals surface area contributed by atoms with Crippen molar-refractivity contribution in [3.8, 4) is 0 Å². The maximum atomic E-state index is 13.2. The lowest BCUT2D eigenvalue weighted by molar-refractivity contribution is -0.148. The minimum Gasteiger partial charge on any atom is -0.464 e. The third-order valence-electron chi connectivity index (χ3n) is 6.98. The summed E-state index contributed by atoms with van der Waals surface area (Å²) in [5, 5.41) is 5.61. The van der Waals surface area contributed by atoms with Crippen LogP contribution in [0.5, 0.6) is 0 Å². The Hall–Kier alpha value is -2.56. The predicted octanol–water partition coefficient (Wildman–Crippen LogP) is 3.74. The highest BCUT2D eigenvalue weighted by molar-refractivity contribution is 6.18. The molecule has 2 aromatic rings. The van der Waals surface area contributed by atoms with Crippen LogP contribution in [0.3, 0.4) is 0 Å². The van der Waals surface area contributed by atoms with Gasteiger partial charge in [0.1, 0.15) is 17.9 Å². The fourth-order valence-electron chi connectivity index (χ4n) is 4.83. The van der Waals surface area contributed by atoms with Crippen LogP contribution in [-0.2, 0) is 32.6 Å². The normalized spacial score (nSPS) is 13.7. The van der Waals surface area contributed by atoms with Crippen molar-refractivity contribution in [1.29, 1.82) is 0 Å². The molecule has 1 heterocycles. The molecule has 1 aromatic heterocycles. The van der Waals surface area contributed by atoms with Crippen molar-refractivity contribution >= 4 is 57.7 Å². The summed E-state index contributed by atoms with van der Waals surface area (Å²) in [6.45, 7) is 11.2. The summed E-state index contributed by atoms with van der Waals surface area (Å²) in [7, 11) is 1.94. The monoisotopic (exact) mass is 626 g/mol. The first-order valence-corrected chi connectivity index (χ1v) is 15.8. The number of hydrogen-bond donors (Lipinski definition) is 3. The quantitative estimate of drug-likeness (QED) is 0.170. The van der Waals surface area contributed by atoms with Gasteiger partial charge in [0.25, 0.3) is 0 Å². The van der Waals surface area contributed by atoms with Crippen LogP contribution in [0, 0.1) is 11.8 Å². The summed E-state index contributed by atoms with van der Waals surface area (Å²) in [4.78, 5) is 45.7. The van der Waals surface area contributed by atoms with E-state index in [-0.39, 0.29) is 18.4 Å². The number of hydrogen-bond acceptors (Lipinski definition) is 7. The number of ether oxygens (including phenoxy) is 1. The zero-order valence-electron chi connectivity index (χ0n) is 25.8. The number of aryl methyl sites for hydroxylation is 2. The molecule has 3 atom stereocenters. The van der Waals surface area contributed by atoms with Crippen molar-refractivity contribution in [3.05, 3.63) is 24.0 Å². The van der Waals surface area contributed by atoms with Gasteiger partial charge in [0.2, 0.25) is 11.8 Å². The van der Waals surface area contributed by atoms with E-state index < -0.39 is 35.9 Å². The van der Waals surface area contributed by atoms with E-state index in [1.807, 2.05) is 57.5 Å². The molecule has 0 fully saturated rings. The second kappa shape index (κ2) is 17.5. The molecule has 0 radical (unpaired) electrons. The van der Waals surface area contributed by atoms with Crippen LogP contribution in [0.15, 0.2) is 18.2 Å². The number of fused-ring (bicyclic) bond motifs is 1. The fraction of sp³-hybridized carbons (Fsp3) is 0.667. The largest absolute Gasteiger partial charge is 0.464 e. The van der Waals surface area contributed by atoms with Gasteiger partial charge in [-0.1, -0.05) is 27.7 Å². The molecule has 3 unspecified atom stereocenters. The van der Waals surface area contributed by atoms with Gasteiger partial charge in [-0.2, -0.15) is 0 Å². The molecular formula is C30H48Cl2N6O4. The van der Waals surface area contributed by atoms with Crippen LogP contribution in [0.25, 0.3) is 11.0 Å². The number of amides is 2. The maximum absolute atomic E-state index is 13.2. The smallest absolute Gasteiger partial charge is 0.328 e. The van der Waals surface area contributed by atoms with E-state index in [9.17, 15) is 14.4 Å². The number of rotatable bonds is 18. The van der Waals surface area contributed by atoms with Gasteiger partial charge in [-0.05, 0) is 56.2 Å². The number of anilines is 1. The summed E-state index contributed by atoms with van der Waals surface area (Å²) in [6, 6.07) is 3.60. The van der Waals surface area contributed by atoms with Crippen LogP contribution >= 0.6 is 23.2 Å². The molecule has 42 heavy (non-hydrogen) atoms. The molecule has 12 heteroatoms. The zero-order valence-corrected chi connectivity index (χ0v) is 27.3. The number of alkyl halides is 2. The SMILES string of the molecule is CCOC(=O)C(CC(C)C)NC(=O)C(CC(C)C)NC(=O)C(N)CCc1nc2cc(N(CCCl)CCCl)ccc2n1C. The Bertz CT molecular complexity index is 1170. The second-order valence-corrected chi connectivity index (χ2v) is 12.2. The van der Waals surface area contributed by atoms with Crippen LogP contribution in [0.2, 0.25) is 0 Å². The number of carbonyl (C=O) groups is 3. The highest BCUT2D eigenvalue weighted by Gasteiger charge is 2.30. The molecule has 0 saturated carbocycles. The zero-order chi connectivity index (χ0) is 31.4. The molecular weight excluding hydrogens is 579 g/mol. The number of aromatic nitrogens is 2. The van der Waals surface area contributed by atoms with Gasteiger partial charge in [-0.15, -0.1) is 23.2 Å². The van der Waals surface area contributed by atoms with E-state index in [0.717, 1.165) is 22.5 Å². The van der Waals surface area contributed by atoms with Crippen molar-refractivity contribution < 1.29 is 19.1 Å². The van der Waals surface area contributed by atoms with Crippen molar-refractivity contribution in [2.45, 2.75) is 78.4 Å². The number of esters is 1. The number of nitrogens with zero attached hydrogens (tertiary/aromatic N) is 3. The number of nitrogens with one attached hydrogen (secondary N) is 2. The second-order valence-electron chi connectivity index (χ2n) is 11.4. The molecule has 0 aliphatic heterocycles. The molecule has 236 valence electrons. The van der Waals surface area contributed by atoms with Crippen molar-refractivity contribution in [2.75, 3.05) is 36.4 Å². The Labute approximate surface area is 260 Å². The predicted molar refractivity (Wildman–Crippen MR) is 170 cm³/mol. The summed E-state index contributed by atoms with van der Waals surface area (Å²) in [5.41, 5.74) is 9.09. The van der Waals surface area contributed by atoms with Gasteiger partial charge in [0, 0.05) is 44.0 Å². The number of imidazole rings is 1. The summed E-state index contributed by atoms with van der Waals surface area (Å²) in [6.07, 6.45) is 1.65. The van der Waals surface area contributed by atoms with Gasteiger partial charge in [0.05, 0.1) is 23.7 Å². The lowest BCUT2D eigenvalue weighted by atomic mass is 10.00. The summed E-state index contributed by atoms with van der Waals surface area (Å²) in [5.74, 6) is 0.740. The van der Waals surface area contributed by atoms with Crippen molar-refractivity contribution in [3.63, 3.8) is 0 Å². The minimum absolute atomic E-state index is 0.123. The molecule has 0 spiro atoms. The number of carbonyl (C=O) groups excluding carboxylic acids is 3. The lowest BCUT2D eigenvalue weighted by Gasteiger charge is -2.25. The minimum atomic E-state index is -0.845. The molecule has 0 aliphatic rings. The lowest BCUT2D eigenvalue weighted by Crippen LogP contribution is -2.55. The van der Waals surface area contributed by atoms with E-state index in [2.05, 4.69) is 15.5 Å². The third-order valence-corrected chi connectivity index (χ3v) is 7.32. The van der Waals surface area contributed by atoms with E-state index in [1.54, 1.807) is 6.92 Å². The molecule has 2 amide bonds. The molecule has 4 N–H and O–H groups in total. The third kappa shape index (κ3) is 10.6. The first-order chi connectivity index (χ1) is 19.9. The Morgan fingerprint density at radius 3 is 2.17 bits per heavy atom. The Morgan fingerprint density at radius 1 is 1.00 bits per heavy atom. The standard InChI is InChI=1S/C30H48Cl2N6O4/c1-7-42-30(41)25(17-20(4)5)36-29(40)24(16-19(2)3)35-28(39)22(33)9-11-27-34-23-18-21(8-10-26(23)37(27)6)38(14-12-31)15-13-32/h8,10,18-20,22,24-25H,7,9,11-17,33H2,1-6H3,(H,35,39)(H,36,40). The van der Waals surface area contributed by atoms with Crippen LogP contribution in [-0.4, -0.2) is 76.9 Å². The van der Waals surface area contributed by atoms with Gasteiger partial charge in [-0.3, -0.25) is 9.59 Å². The Balaban J connectivity index is 2.10. The Morgan fingerprint density at radius 2 is 1.60 bits per heavy atom. The van der Waals surface area contributed by atoms with E-state index in [1.165, 1.54) is 0 Å². The molecule has 0 saturated heterocycles. The van der Waals surface area contributed by atoms with Crippen molar-refractivity contribution in [1.82, 2.24) is 20.2 Å². The summed E-state index contributed by atoms with van der Waals surface area (Å²) < 4.78 is 7.15. The molecule has 2 rings (SSSR count). The topological polar surface area (TPSA) is 132 Å². The fourth-order valence-corrected chi connectivity index (χ4v) is 5.24. The number of nitrogens with two attached hydrogens (primary N) is 1. The molecule has 0 aliphatic carbocycles. The van der Waals surface area contributed by atoms with E-state index in [4.69, 9.17) is 38.7 Å². The van der Waals surface area contributed by atoms with Gasteiger partial charge < -0.3 is 30.6 Å². The number of halogens is 2. The molecule has 0 bridgehead atoms. The van der Waals surface area contributed by atoms with E-state index >= 15 is 0 Å². The molecule has 1 aromatic carbocycles. The van der Waals surface area contributed by atoms with E-state index in [0.29, 0.717) is 50.5 Å². The first-order valence-electron chi connectivity index (χ1n) is 14.8. The van der Waals surface area contributed by atoms with Crippen LogP contribution in [0.1, 0.15) is 59.7 Å². The van der Waals surface area contributed by atoms with Gasteiger partial charge >= 0.3 is 5.97 Å².